The maximum absolute atomic E-state index is 13.5. The van der Waals surface area contributed by atoms with Gasteiger partial charge in [-0.1, -0.05) is 0 Å². The SMILES string of the molecule is CC(N)C1CCN(Cc2cc(F)ccc2F)C1. The van der Waals surface area contributed by atoms with E-state index in [2.05, 4.69) is 4.90 Å². The molecule has 0 amide bonds. The van der Waals surface area contributed by atoms with Crippen molar-refractivity contribution in [2.24, 2.45) is 11.7 Å². The predicted molar refractivity (Wildman–Crippen MR) is 63.4 cm³/mol. The average Bonchev–Trinajstić information content (AvgIpc) is 2.72. The van der Waals surface area contributed by atoms with E-state index in [9.17, 15) is 8.78 Å². The smallest absolute Gasteiger partial charge is 0.127 e. The summed E-state index contributed by atoms with van der Waals surface area (Å²) < 4.78 is 26.5. The van der Waals surface area contributed by atoms with Crippen LogP contribution in [0.15, 0.2) is 18.2 Å². The zero-order valence-corrected chi connectivity index (χ0v) is 10.00. The first-order valence-corrected chi connectivity index (χ1v) is 5.98. The van der Waals surface area contributed by atoms with Crippen LogP contribution in [0.1, 0.15) is 18.9 Å². The van der Waals surface area contributed by atoms with Gasteiger partial charge in [0.2, 0.25) is 0 Å². The summed E-state index contributed by atoms with van der Waals surface area (Å²) in [7, 11) is 0. The van der Waals surface area contributed by atoms with Crippen molar-refractivity contribution in [3.05, 3.63) is 35.4 Å². The van der Waals surface area contributed by atoms with Crippen LogP contribution in [0.3, 0.4) is 0 Å². The first kappa shape index (κ1) is 12.5. The van der Waals surface area contributed by atoms with E-state index in [4.69, 9.17) is 5.73 Å². The molecule has 1 heterocycles. The van der Waals surface area contributed by atoms with Crippen molar-refractivity contribution in [2.75, 3.05) is 13.1 Å². The zero-order chi connectivity index (χ0) is 12.4. The van der Waals surface area contributed by atoms with Crippen LogP contribution in [-0.4, -0.2) is 24.0 Å². The third-order valence-corrected chi connectivity index (χ3v) is 3.45. The highest BCUT2D eigenvalue weighted by Crippen LogP contribution is 2.21. The molecule has 2 nitrogen and oxygen atoms in total. The molecule has 0 bridgehead atoms. The van der Waals surface area contributed by atoms with Gasteiger partial charge in [-0.05, 0) is 44.0 Å². The van der Waals surface area contributed by atoms with Gasteiger partial charge in [-0.25, -0.2) is 8.78 Å². The lowest BCUT2D eigenvalue weighted by atomic mass is 10.0. The summed E-state index contributed by atoms with van der Waals surface area (Å²) in [6.07, 6.45) is 1.04. The predicted octanol–water partition coefficient (Wildman–Crippen LogP) is 2.13. The van der Waals surface area contributed by atoms with Gasteiger partial charge < -0.3 is 5.73 Å². The molecule has 0 aliphatic carbocycles. The molecule has 1 aliphatic rings. The summed E-state index contributed by atoms with van der Waals surface area (Å²) in [5.41, 5.74) is 6.27. The van der Waals surface area contributed by atoms with Gasteiger partial charge in [0.05, 0.1) is 0 Å². The molecule has 0 radical (unpaired) electrons. The Morgan fingerprint density at radius 2 is 2.24 bits per heavy atom. The normalized spacial score (nSPS) is 22.9. The summed E-state index contributed by atoms with van der Waals surface area (Å²) in [5.74, 6) is -0.258. The van der Waals surface area contributed by atoms with Gasteiger partial charge in [0.15, 0.2) is 0 Å². The van der Waals surface area contributed by atoms with E-state index >= 15 is 0 Å². The molecule has 2 N–H and O–H groups in total. The molecule has 1 aromatic carbocycles. The van der Waals surface area contributed by atoms with E-state index in [0.717, 1.165) is 25.6 Å². The molecule has 0 saturated carbocycles. The van der Waals surface area contributed by atoms with E-state index in [0.29, 0.717) is 18.0 Å². The topological polar surface area (TPSA) is 29.3 Å². The van der Waals surface area contributed by atoms with E-state index < -0.39 is 0 Å². The molecular weight excluding hydrogens is 222 g/mol. The highest BCUT2D eigenvalue weighted by molar-refractivity contribution is 5.18. The quantitative estimate of drug-likeness (QED) is 0.877. The Morgan fingerprint density at radius 1 is 1.47 bits per heavy atom. The molecule has 17 heavy (non-hydrogen) atoms. The van der Waals surface area contributed by atoms with Crippen LogP contribution in [-0.2, 0) is 6.54 Å². The fourth-order valence-electron chi connectivity index (χ4n) is 2.34. The van der Waals surface area contributed by atoms with Crippen LogP contribution in [0.2, 0.25) is 0 Å². The Balaban J connectivity index is 2.00. The molecule has 1 saturated heterocycles. The lowest BCUT2D eigenvalue weighted by molar-refractivity contribution is 0.303. The molecule has 0 spiro atoms. The van der Waals surface area contributed by atoms with Gasteiger partial charge in [0, 0.05) is 24.7 Å². The van der Waals surface area contributed by atoms with Gasteiger partial charge in [-0.2, -0.15) is 0 Å². The van der Waals surface area contributed by atoms with Crippen molar-refractivity contribution in [1.82, 2.24) is 4.90 Å². The Labute approximate surface area is 100 Å². The first-order chi connectivity index (χ1) is 8.06. The Bertz CT molecular complexity index is 393. The molecule has 4 heteroatoms. The lowest BCUT2D eigenvalue weighted by Gasteiger charge is -2.18. The lowest BCUT2D eigenvalue weighted by Crippen LogP contribution is -2.29. The zero-order valence-electron chi connectivity index (χ0n) is 10.00. The fourth-order valence-corrected chi connectivity index (χ4v) is 2.34. The molecule has 0 aromatic heterocycles. The molecule has 1 aromatic rings. The second-order valence-corrected chi connectivity index (χ2v) is 4.88. The number of benzene rings is 1. The van der Waals surface area contributed by atoms with Crippen molar-refractivity contribution in [3.8, 4) is 0 Å². The number of hydrogen-bond donors (Lipinski definition) is 1. The van der Waals surface area contributed by atoms with Crippen LogP contribution in [0, 0.1) is 17.6 Å². The minimum atomic E-state index is -0.385. The number of halogens is 2. The van der Waals surface area contributed by atoms with Gasteiger partial charge in [-0.3, -0.25) is 4.90 Å². The van der Waals surface area contributed by atoms with Crippen LogP contribution in [0.25, 0.3) is 0 Å². The first-order valence-electron chi connectivity index (χ1n) is 5.98. The highest BCUT2D eigenvalue weighted by atomic mass is 19.1. The maximum Gasteiger partial charge on any atom is 0.127 e. The molecule has 2 atom stereocenters. The number of nitrogens with zero attached hydrogens (tertiary/aromatic N) is 1. The molecular formula is C13H18F2N2. The molecule has 94 valence electrons. The van der Waals surface area contributed by atoms with E-state index in [1.165, 1.54) is 12.1 Å². The fraction of sp³-hybridized carbons (Fsp3) is 0.538. The van der Waals surface area contributed by atoms with Crippen molar-refractivity contribution in [1.29, 1.82) is 0 Å². The van der Waals surface area contributed by atoms with E-state index in [1.54, 1.807) is 0 Å². The molecule has 1 aliphatic heterocycles. The van der Waals surface area contributed by atoms with E-state index in [1.807, 2.05) is 6.92 Å². The van der Waals surface area contributed by atoms with Crippen LogP contribution >= 0.6 is 0 Å². The van der Waals surface area contributed by atoms with Gasteiger partial charge in [0.1, 0.15) is 11.6 Å². The second kappa shape index (κ2) is 5.10. The third kappa shape index (κ3) is 3.01. The third-order valence-electron chi connectivity index (χ3n) is 3.45. The highest BCUT2D eigenvalue weighted by Gasteiger charge is 2.25. The monoisotopic (exact) mass is 240 g/mol. The number of likely N-dealkylation sites (tertiary alicyclic amines) is 1. The second-order valence-electron chi connectivity index (χ2n) is 4.88. The molecule has 2 unspecified atom stereocenters. The Hall–Kier alpha value is -1.00. The van der Waals surface area contributed by atoms with Gasteiger partial charge in [0.25, 0.3) is 0 Å². The summed E-state index contributed by atoms with van der Waals surface area (Å²) in [5, 5.41) is 0. The van der Waals surface area contributed by atoms with E-state index in [-0.39, 0.29) is 17.7 Å². The number of hydrogen-bond acceptors (Lipinski definition) is 2. The van der Waals surface area contributed by atoms with Crippen LogP contribution in [0.5, 0.6) is 0 Å². The summed E-state index contributed by atoms with van der Waals surface area (Å²) >= 11 is 0. The summed E-state index contributed by atoms with van der Waals surface area (Å²) in [4.78, 5) is 2.13. The van der Waals surface area contributed by atoms with Crippen LogP contribution in [0.4, 0.5) is 8.78 Å². The largest absolute Gasteiger partial charge is 0.328 e. The number of nitrogens with two attached hydrogens (primary N) is 1. The minimum absolute atomic E-state index is 0.164. The number of rotatable bonds is 3. The Kier molecular flexibility index (Phi) is 3.74. The Morgan fingerprint density at radius 3 is 2.88 bits per heavy atom. The maximum atomic E-state index is 13.5. The summed E-state index contributed by atoms with van der Waals surface area (Å²) in [6, 6.07) is 3.77. The standard InChI is InChI=1S/C13H18F2N2/c1-9(16)10-4-5-17(7-10)8-11-6-12(14)2-3-13(11)15/h2-3,6,9-10H,4-5,7-8,16H2,1H3. The average molecular weight is 240 g/mol. The van der Waals surface area contributed by atoms with Crippen molar-refractivity contribution >= 4 is 0 Å². The molecule has 1 fully saturated rings. The minimum Gasteiger partial charge on any atom is -0.328 e. The summed E-state index contributed by atoms with van der Waals surface area (Å²) in [6.45, 7) is 4.24. The molecule has 2 rings (SSSR count). The van der Waals surface area contributed by atoms with Crippen molar-refractivity contribution in [2.45, 2.75) is 25.9 Å². The van der Waals surface area contributed by atoms with Crippen molar-refractivity contribution in [3.63, 3.8) is 0 Å². The van der Waals surface area contributed by atoms with Gasteiger partial charge in [-0.15, -0.1) is 0 Å². The van der Waals surface area contributed by atoms with Crippen LogP contribution < -0.4 is 5.73 Å². The van der Waals surface area contributed by atoms with Gasteiger partial charge >= 0.3 is 0 Å². The van der Waals surface area contributed by atoms with Crippen molar-refractivity contribution < 1.29 is 8.78 Å².